The van der Waals surface area contributed by atoms with Crippen LogP contribution in [0.2, 0.25) is 0 Å². The van der Waals surface area contributed by atoms with Crippen LogP contribution in [0.5, 0.6) is 0 Å². The minimum absolute atomic E-state index is 0.0261. The van der Waals surface area contributed by atoms with Gasteiger partial charge in [0.15, 0.2) is 6.04 Å². The minimum atomic E-state index is -1.29. The average molecular weight is 715 g/mol. The van der Waals surface area contributed by atoms with Gasteiger partial charge in [-0.3, -0.25) is 9.59 Å². The zero-order valence-electron chi connectivity index (χ0n) is 32.6. The maximum atomic E-state index is 14.4. The Morgan fingerprint density at radius 3 is 2.18 bits per heavy atom. The predicted molar refractivity (Wildman–Crippen MR) is 198 cm³/mol. The molecule has 0 radical (unpaired) electrons. The van der Waals surface area contributed by atoms with Crippen LogP contribution in [0.3, 0.4) is 0 Å². The van der Waals surface area contributed by atoms with E-state index in [1.54, 1.807) is 0 Å². The van der Waals surface area contributed by atoms with Crippen molar-refractivity contribution in [3.63, 3.8) is 0 Å². The second-order valence-electron chi connectivity index (χ2n) is 19.1. The first-order valence-electron chi connectivity index (χ1n) is 20.4. The second kappa shape index (κ2) is 15.0. The number of amides is 2. The van der Waals surface area contributed by atoms with Gasteiger partial charge in [-0.25, -0.2) is 4.79 Å². The number of carboxylic acid groups (broad SMARTS) is 1. The highest BCUT2D eigenvalue weighted by molar-refractivity contribution is 5.84. The smallest absolute Gasteiger partial charge is 0.328 e. The molecule has 12 atom stereocenters. The van der Waals surface area contributed by atoms with E-state index >= 15 is 0 Å². The SMILES string of the molecule is C=C(CO)[C@@H]1CC[C@]2(C(=O)NCCCCCCCC(=O)N[C@H](C(=O)O)[C@@H](C)O)CC[C@]3(C)[C@H](CCC4[C@@]5(C)CC[C@H](O)C(C)(C)[C@@H]5CC[C@]43C)[C@@H]12. The van der Waals surface area contributed by atoms with E-state index < -0.39 is 23.5 Å². The van der Waals surface area contributed by atoms with Crippen LogP contribution in [0.25, 0.3) is 0 Å². The van der Waals surface area contributed by atoms with Crippen molar-refractivity contribution >= 4 is 17.8 Å². The topological polar surface area (TPSA) is 156 Å². The molecule has 1 unspecified atom stereocenters. The van der Waals surface area contributed by atoms with Crippen molar-refractivity contribution in [2.45, 2.75) is 163 Å². The number of carboxylic acids is 1. The molecule has 0 aliphatic heterocycles. The van der Waals surface area contributed by atoms with Crippen LogP contribution in [-0.4, -0.2) is 69.6 Å². The van der Waals surface area contributed by atoms with Gasteiger partial charge in [0.1, 0.15) is 0 Å². The zero-order chi connectivity index (χ0) is 37.6. The summed E-state index contributed by atoms with van der Waals surface area (Å²) in [5, 5.41) is 45.9. The third kappa shape index (κ3) is 6.83. The van der Waals surface area contributed by atoms with E-state index in [1.807, 2.05) is 0 Å². The van der Waals surface area contributed by atoms with E-state index in [4.69, 9.17) is 5.11 Å². The van der Waals surface area contributed by atoms with Crippen molar-refractivity contribution in [3.05, 3.63) is 12.2 Å². The fourth-order valence-electron chi connectivity index (χ4n) is 13.5. The van der Waals surface area contributed by atoms with E-state index in [1.165, 1.54) is 19.8 Å². The number of aliphatic hydroxyl groups is 3. The average Bonchev–Trinajstić information content (AvgIpc) is 3.47. The Balaban J connectivity index is 1.21. The number of carbonyl (C=O) groups excluding carboxylic acids is 2. The Morgan fingerprint density at radius 1 is 0.824 bits per heavy atom. The van der Waals surface area contributed by atoms with Crippen molar-refractivity contribution in [1.29, 1.82) is 0 Å². The molecule has 0 heterocycles. The standard InChI is InChI=1S/C42H70N2O7/c1-26(25-45)28-16-21-42(37(51)43-24-12-10-8-9-11-13-33(48)44-35(27(2)46)36(49)50)23-22-40(6)29(34(28)42)14-15-31-39(5)19-18-32(47)38(3,4)30(39)17-20-41(31,40)7/h27-32,34-35,45-47H,1,8-25H2,2-7H3,(H,43,51)(H,44,48)(H,49,50)/t27-,28+,29-,30+,31?,32+,34-,35+,39+,40-,41-,42+/m1/s1. The van der Waals surface area contributed by atoms with Gasteiger partial charge in [0, 0.05) is 13.0 Å². The van der Waals surface area contributed by atoms with Crippen LogP contribution in [-0.2, 0) is 14.4 Å². The van der Waals surface area contributed by atoms with E-state index in [-0.39, 0.29) is 64.4 Å². The molecule has 0 spiro atoms. The van der Waals surface area contributed by atoms with Crippen molar-refractivity contribution in [2.75, 3.05) is 13.2 Å². The lowest BCUT2D eigenvalue weighted by Crippen LogP contribution is -2.67. The molecule has 5 aliphatic rings. The van der Waals surface area contributed by atoms with Crippen molar-refractivity contribution in [3.8, 4) is 0 Å². The highest BCUT2D eigenvalue weighted by Gasteiger charge is 2.71. The summed E-state index contributed by atoms with van der Waals surface area (Å²) >= 11 is 0. The number of aliphatic carboxylic acids is 1. The maximum Gasteiger partial charge on any atom is 0.328 e. The molecule has 290 valence electrons. The number of nitrogens with one attached hydrogen (secondary N) is 2. The second-order valence-corrected chi connectivity index (χ2v) is 19.1. The Hall–Kier alpha value is -1.97. The number of unbranched alkanes of at least 4 members (excludes halogenated alkanes) is 4. The lowest BCUT2D eigenvalue weighted by atomic mass is 9.32. The molecule has 5 rings (SSSR count). The molecule has 5 fully saturated rings. The van der Waals surface area contributed by atoms with Gasteiger partial charge < -0.3 is 31.1 Å². The molecule has 5 saturated carbocycles. The lowest BCUT2D eigenvalue weighted by molar-refractivity contribution is -0.246. The fourth-order valence-corrected chi connectivity index (χ4v) is 13.5. The molecule has 0 aromatic heterocycles. The Bertz CT molecular complexity index is 1320. The molecule has 5 aliphatic carbocycles. The van der Waals surface area contributed by atoms with Gasteiger partial charge in [0.05, 0.1) is 24.2 Å². The number of carbonyl (C=O) groups is 3. The Labute approximate surface area is 307 Å². The van der Waals surface area contributed by atoms with Crippen LogP contribution in [0, 0.1) is 56.7 Å². The summed E-state index contributed by atoms with van der Waals surface area (Å²) in [5.41, 5.74) is 0.841. The highest BCUT2D eigenvalue weighted by atomic mass is 16.4. The largest absolute Gasteiger partial charge is 0.480 e. The fraction of sp³-hybridized carbons (Fsp3) is 0.881. The molecule has 51 heavy (non-hydrogen) atoms. The monoisotopic (exact) mass is 715 g/mol. The van der Waals surface area contributed by atoms with Crippen LogP contribution in [0.15, 0.2) is 12.2 Å². The normalized spacial score (nSPS) is 40.8. The van der Waals surface area contributed by atoms with Crippen molar-refractivity contribution in [2.24, 2.45) is 56.7 Å². The predicted octanol–water partition coefficient (Wildman–Crippen LogP) is 6.38. The zero-order valence-corrected chi connectivity index (χ0v) is 32.6. The van der Waals surface area contributed by atoms with E-state index in [0.29, 0.717) is 30.7 Å². The van der Waals surface area contributed by atoms with Crippen LogP contribution >= 0.6 is 0 Å². The molecule has 9 nitrogen and oxygen atoms in total. The van der Waals surface area contributed by atoms with Crippen LogP contribution < -0.4 is 10.6 Å². The number of hydrogen-bond donors (Lipinski definition) is 6. The van der Waals surface area contributed by atoms with Gasteiger partial charge in [-0.2, -0.15) is 0 Å². The Morgan fingerprint density at radius 2 is 1.51 bits per heavy atom. The van der Waals surface area contributed by atoms with Crippen molar-refractivity contribution in [1.82, 2.24) is 10.6 Å². The molecule has 6 N–H and O–H groups in total. The minimum Gasteiger partial charge on any atom is -0.480 e. The van der Waals surface area contributed by atoms with Gasteiger partial charge in [-0.15, -0.1) is 0 Å². The third-order valence-corrected chi connectivity index (χ3v) is 16.5. The number of fused-ring (bicyclic) bond motifs is 7. The summed E-state index contributed by atoms with van der Waals surface area (Å²) in [4.78, 5) is 37.8. The quantitative estimate of drug-likeness (QED) is 0.0901. The van der Waals surface area contributed by atoms with Crippen LogP contribution in [0.4, 0.5) is 0 Å². The molecular formula is C42H70N2O7. The summed E-state index contributed by atoms with van der Waals surface area (Å²) in [5.74, 6) is 0.434. The summed E-state index contributed by atoms with van der Waals surface area (Å²) < 4.78 is 0. The van der Waals surface area contributed by atoms with Gasteiger partial charge in [0.25, 0.3) is 0 Å². The molecule has 0 aromatic rings. The summed E-state index contributed by atoms with van der Waals surface area (Å²) in [7, 11) is 0. The maximum absolute atomic E-state index is 14.4. The molecule has 0 saturated heterocycles. The lowest BCUT2D eigenvalue weighted by Gasteiger charge is -2.72. The van der Waals surface area contributed by atoms with Gasteiger partial charge in [0.2, 0.25) is 11.8 Å². The van der Waals surface area contributed by atoms with E-state index in [9.17, 15) is 29.7 Å². The Kier molecular flexibility index (Phi) is 11.9. The number of aliphatic hydroxyl groups excluding tert-OH is 3. The number of rotatable bonds is 14. The third-order valence-electron chi connectivity index (χ3n) is 16.5. The van der Waals surface area contributed by atoms with E-state index in [2.05, 4.69) is 51.8 Å². The number of hydrogen-bond acceptors (Lipinski definition) is 6. The summed E-state index contributed by atoms with van der Waals surface area (Å²) in [6, 6.07) is -1.29. The molecule has 9 heteroatoms. The first-order valence-corrected chi connectivity index (χ1v) is 20.4. The molecule has 0 bridgehead atoms. The van der Waals surface area contributed by atoms with Gasteiger partial charge >= 0.3 is 5.97 Å². The first kappa shape index (κ1) is 40.2. The van der Waals surface area contributed by atoms with Gasteiger partial charge in [-0.05, 0) is 141 Å². The van der Waals surface area contributed by atoms with Crippen molar-refractivity contribution < 1.29 is 34.8 Å². The molecular weight excluding hydrogens is 644 g/mol. The van der Waals surface area contributed by atoms with Crippen LogP contribution in [0.1, 0.15) is 144 Å². The van der Waals surface area contributed by atoms with Gasteiger partial charge in [-0.1, -0.05) is 60.5 Å². The summed E-state index contributed by atoms with van der Waals surface area (Å²) in [6.45, 7) is 18.6. The first-order chi connectivity index (χ1) is 23.9. The van der Waals surface area contributed by atoms with E-state index in [0.717, 1.165) is 82.6 Å². The summed E-state index contributed by atoms with van der Waals surface area (Å²) in [6.07, 6.45) is 13.3. The molecule has 2 amide bonds. The highest BCUT2D eigenvalue weighted by Crippen LogP contribution is 2.77. The molecule has 0 aromatic carbocycles.